The van der Waals surface area contributed by atoms with Crippen molar-refractivity contribution in [1.29, 1.82) is 0 Å². The summed E-state index contributed by atoms with van der Waals surface area (Å²) in [5, 5.41) is 8.85. The SMILES string of the molecule is c1ccc(-c2nc(-c3ccc(-c4cccc5c4ccc4cc6ccccc6cc45)cc3)cc(-c3cc4ccccc4s3)n2)cc1. The van der Waals surface area contributed by atoms with Gasteiger partial charge in [0.25, 0.3) is 0 Å². The highest BCUT2D eigenvalue weighted by molar-refractivity contribution is 7.22. The third kappa shape index (κ3) is 4.57. The Morgan fingerprint density at radius 2 is 1.09 bits per heavy atom. The molecule has 0 saturated carbocycles. The van der Waals surface area contributed by atoms with Gasteiger partial charge in [-0.1, -0.05) is 127 Å². The van der Waals surface area contributed by atoms with Crippen LogP contribution in [0.3, 0.4) is 0 Å². The summed E-state index contributed by atoms with van der Waals surface area (Å²) in [6.07, 6.45) is 0. The molecule has 0 N–H and O–H groups in total. The minimum absolute atomic E-state index is 0.734. The van der Waals surface area contributed by atoms with Crippen LogP contribution in [0.5, 0.6) is 0 Å². The lowest BCUT2D eigenvalue weighted by atomic mass is 9.93. The van der Waals surface area contributed by atoms with Gasteiger partial charge in [-0.3, -0.25) is 0 Å². The van der Waals surface area contributed by atoms with Gasteiger partial charge in [0.15, 0.2) is 5.82 Å². The summed E-state index contributed by atoms with van der Waals surface area (Å²) in [5.74, 6) is 0.734. The van der Waals surface area contributed by atoms with Crippen LogP contribution < -0.4 is 0 Å². The summed E-state index contributed by atoms with van der Waals surface area (Å²) >= 11 is 1.77. The fraction of sp³-hybridized carbons (Fsp3) is 0. The first kappa shape index (κ1) is 25.8. The monoisotopic (exact) mass is 590 g/mol. The second-order valence-corrected chi connectivity index (χ2v) is 12.5. The minimum atomic E-state index is 0.734. The second-order valence-electron chi connectivity index (χ2n) is 11.4. The van der Waals surface area contributed by atoms with E-state index in [9.17, 15) is 0 Å². The molecule has 0 unspecified atom stereocenters. The summed E-state index contributed by atoms with van der Waals surface area (Å²) < 4.78 is 1.26. The topological polar surface area (TPSA) is 25.8 Å². The molecule has 0 aliphatic rings. The van der Waals surface area contributed by atoms with Gasteiger partial charge < -0.3 is 0 Å². The largest absolute Gasteiger partial charge is 0.228 e. The standard InChI is InChI=1S/C42H26N2S/c1-2-9-29(10-3-1)42-43-38(26-39(44-42)41-25-33-13-6-7-16-40(33)45-41)28-19-17-27(18-20-28)34-14-8-15-35-36(34)22-21-32-23-30-11-4-5-12-31(30)24-37(32)35/h1-26H. The van der Waals surface area contributed by atoms with E-state index in [2.05, 4.69) is 140 Å². The molecule has 0 amide bonds. The molecule has 0 spiro atoms. The van der Waals surface area contributed by atoms with Gasteiger partial charge in [0.2, 0.25) is 0 Å². The van der Waals surface area contributed by atoms with E-state index in [0.717, 1.165) is 33.2 Å². The van der Waals surface area contributed by atoms with Gasteiger partial charge in [-0.25, -0.2) is 9.97 Å². The Hall–Kier alpha value is -5.64. The molecule has 7 aromatic carbocycles. The first-order valence-corrected chi connectivity index (χ1v) is 16.0. The molecule has 3 heteroatoms. The van der Waals surface area contributed by atoms with Crippen LogP contribution in [0.1, 0.15) is 0 Å². The molecule has 2 heterocycles. The number of hydrogen-bond acceptors (Lipinski definition) is 3. The zero-order valence-corrected chi connectivity index (χ0v) is 25.1. The minimum Gasteiger partial charge on any atom is -0.228 e. The maximum atomic E-state index is 5.06. The van der Waals surface area contributed by atoms with E-state index in [1.807, 2.05) is 18.2 Å². The molecule has 0 aliphatic heterocycles. The summed E-state index contributed by atoms with van der Waals surface area (Å²) in [5.41, 5.74) is 6.35. The van der Waals surface area contributed by atoms with Crippen LogP contribution in [-0.2, 0) is 0 Å². The summed E-state index contributed by atoms with van der Waals surface area (Å²) in [7, 11) is 0. The summed E-state index contributed by atoms with van der Waals surface area (Å²) in [6, 6.07) is 56.3. The van der Waals surface area contributed by atoms with Crippen LogP contribution in [0, 0.1) is 0 Å². The van der Waals surface area contributed by atoms with Crippen LogP contribution in [0.25, 0.3) is 86.7 Å². The van der Waals surface area contributed by atoms with E-state index >= 15 is 0 Å². The zero-order chi connectivity index (χ0) is 29.7. The molecule has 2 aromatic heterocycles. The Bertz CT molecular complexity index is 2500. The Kier molecular flexibility index (Phi) is 6.03. The van der Waals surface area contributed by atoms with E-state index in [0.29, 0.717) is 0 Å². The lowest BCUT2D eigenvalue weighted by Crippen LogP contribution is -1.95. The van der Waals surface area contributed by atoms with Crippen molar-refractivity contribution in [3.8, 4) is 44.3 Å². The number of benzene rings is 7. The molecule has 0 radical (unpaired) electrons. The Morgan fingerprint density at radius 1 is 0.378 bits per heavy atom. The van der Waals surface area contributed by atoms with E-state index in [1.54, 1.807) is 11.3 Å². The van der Waals surface area contributed by atoms with Gasteiger partial charge in [0, 0.05) is 15.8 Å². The van der Waals surface area contributed by atoms with Gasteiger partial charge in [-0.05, 0) is 79.2 Å². The van der Waals surface area contributed by atoms with Crippen LogP contribution in [0.15, 0.2) is 158 Å². The molecule has 0 atom stereocenters. The van der Waals surface area contributed by atoms with Crippen LogP contribution in [-0.4, -0.2) is 9.97 Å². The average Bonchev–Trinajstić information content (AvgIpc) is 3.55. The van der Waals surface area contributed by atoms with Gasteiger partial charge >= 0.3 is 0 Å². The predicted octanol–water partition coefficient (Wildman–Crippen LogP) is 11.8. The molecule has 45 heavy (non-hydrogen) atoms. The van der Waals surface area contributed by atoms with Crippen molar-refractivity contribution in [1.82, 2.24) is 9.97 Å². The first-order chi connectivity index (χ1) is 22.3. The fourth-order valence-corrected chi connectivity index (χ4v) is 7.42. The highest BCUT2D eigenvalue weighted by Crippen LogP contribution is 2.37. The van der Waals surface area contributed by atoms with Gasteiger partial charge in [0.05, 0.1) is 16.3 Å². The van der Waals surface area contributed by atoms with Crippen molar-refractivity contribution in [3.05, 3.63) is 158 Å². The predicted molar refractivity (Wildman–Crippen MR) is 192 cm³/mol. The Balaban J connectivity index is 1.15. The van der Waals surface area contributed by atoms with E-state index < -0.39 is 0 Å². The third-order valence-electron chi connectivity index (χ3n) is 8.67. The van der Waals surface area contributed by atoms with E-state index in [1.165, 1.54) is 53.5 Å². The number of nitrogens with zero attached hydrogens (tertiary/aromatic N) is 2. The Morgan fingerprint density at radius 3 is 1.91 bits per heavy atom. The highest BCUT2D eigenvalue weighted by atomic mass is 32.1. The molecule has 9 rings (SSSR count). The van der Waals surface area contributed by atoms with Crippen LogP contribution in [0.2, 0.25) is 0 Å². The number of fused-ring (bicyclic) bond motifs is 5. The number of aromatic nitrogens is 2. The van der Waals surface area contributed by atoms with Gasteiger partial charge in [-0.2, -0.15) is 0 Å². The third-order valence-corrected chi connectivity index (χ3v) is 9.81. The zero-order valence-electron chi connectivity index (χ0n) is 24.3. The molecule has 0 bridgehead atoms. The van der Waals surface area contributed by atoms with E-state index in [4.69, 9.17) is 9.97 Å². The quantitative estimate of drug-likeness (QED) is 0.150. The number of hydrogen-bond donors (Lipinski definition) is 0. The average molecular weight is 591 g/mol. The van der Waals surface area contributed by atoms with Crippen molar-refractivity contribution in [2.45, 2.75) is 0 Å². The molecule has 0 aliphatic carbocycles. The maximum absolute atomic E-state index is 5.06. The first-order valence-electron chi connectivity index (χ1n) is 15.2. The van der Waals surface area contributed by atoms with Crippen LogP contribution in [0.4, 0.5) is 0 Å². The second kappa shape index (κ2) is 10.5. The van der Waals surface area contributed by atoms with Crippen molar-refractivity contribution in [2.75, 3.05) is 0 Å². The molecule has 0 fully saturated rings. The van der Waals surface area contributed by atoms with Crippen molar-refractivity contribution in [3.63, 3.8) is 0 Å². The number of thiophene rings is 1. The molecular weight excluding hydrogens is 565 g/mol. The summed E-state index contributed by atoms with van der Waals surface area (Å²) in [6.45, 7) is 0. The smallest absolute Gasteiger partial charge is 0.160 e. The molecular formula is C42H26N2S. The van der Waals surface area contributed by atoms with E-state index in [-0.39, 0.29) is 0 Å². The molecule has 2 nitrogen and oxygen atoms in total. The lowest BCUT2D eigenvalue weighted by Gasteiger charge is -2.12. The van der Waals surface area contributed by atoms with Crippen LogP contribution >= 0.6 is 11.3 Å². The van der Waals surface area contributed by atoms with Crippen molar-refractivity contribution >= 4 is 53.7 Å². The molecule has 0 saturated heterocycles. The van der Waals surface area contributed by atoms with Crippen molar-refractivity contribution < 1.29 is 0 Å². The van der Waals surface area contributed by atoms with Gasteiger partial charge in [0.1, 0.15) is 0 Å². The van der Waals surface area contributed by atoms with Gasteiger partial charge in [-0.15, -0.1) is 11.3 Å². The molecule has 210 valence electrons. The number of rotatable bonds is 4. The lowest BCUT2D eigenvalue weighted by molar-refractivity contribution is 1.19. The summed E-state index contributed by atoms with van der Waals surface area (Å²) in [4.78, 5) is 11.2. The molecule has 9 aromatic rings. The Labute approximate surface area is 264 Å². The fourth-order valence-electron chi connectivity index (χ4n) is 6.40. The van der Waals surface area contributed by atoms with Crippen molar-refractivity contribution in [2.24, 2.45) is 0 Å². The normalized spacial score (nSPS) is 11.6. The maximum Gasteiger partial charge on any atom is 0.160 e. The highest BCUT2D eigenvalue weighted by Gasteiger charge is 2.14.